The predicted molar refractivity (Wildman–Crippen MR) is 147 cm³/mol. The lowest BCUT2D eigenvalue weighted by Crippen LogP contribution is -2.40. The van der Waals surface area contributed by atoms with Crippen LogP contribution in [0.5, 0.6) is 5.88 Å². The maximum absolute atomic E-state index is 13.9. The number of aliphatic hydroxyl groups excluding tert-OH is 1. The quantitative estimate of drug-likeness (QED) is 0.261. The third-order valence-corrected chi connectivity index (χ3v) is 7.69. The molecule has 3 N–H and O–H groups in total. The van der Waals surface area contributed by atoms with Crippen molar-refractivity contribution in [2.24, 2.45) is 13.0 Å². The average molecular weight is 666 g/mol. The molecule has 0 aliphatic heterocycles. The Morgan fingerprint density at radius 2 is 1.74 bits per heavy atom. The number of rotatable bonds is 10. The van der Waals surface area contributed by atoms with Crippen LogP contribution in [0, 0.1) is 5.92 Å². The summed E-state index contributed by atoms with van der Waals surface area (Å²) in [4.78, 5) is 33.4. The highest BCUT2D eigenvalue weighted by atomic mass is 19.4. The molecule has 17 heteroatoms. The van der Waals surface area contributed by atoms with E-state index in [0.717, 1.165) is 6.07 Å². The highest BCUT2D eigenvalue weighted by molar-refractivity contribution is 5.99. The number of carbonyl (C=O) groups is 2. The molecule has 46 heavy (non-hydrogen) atoms. The monoisotopic (exact) mass is 665 g/mol. The van der Waals surface area contributed by atoms with E-state index in [9.17, 15) is 49.8 Å². The minimum atomic E-state index is -4.75. The normalized spacial score (nSPS) is 18.1. The van der Waals surface area contributed by atoms with Gasteiger partial charge in [-0.25, -0.2) is 13.8 Å². The van der Waals surface area contributed by atoms with Crippen LogP contribution in [0.4, 0.5) is 35.1 Å². The summed E-state index contributed by atoms with van der Waals surface area (Å²) in [6.07, 6.45) is -14.1. The van der Waals surface area contributed by atoms with Gasteiger partial charge in [0.15, 0.2) is 12.3 Å². The van der Waals surface area contributed by atoms with Gasteiger partial charge in [-0.3, -0.25) is 9.59 Å². The molecule has 252 valence electrons. The molecular weight excluding hydrogens is 634 g/mol. The molecule has 9 nitrogen and oxygen atoms in total. The second-order valence-corrected chi connectivity index (χ2v) is 11.1. The van der Waals surface area contributed by atoms with Crippen LogP contribution < -0.4 is 15.4 Å². The van der Waals surface area contributed by atoms with E-state index < -0.39 is 73.1 Å². The van der Waals surface area contributed by atoms with E-state index in [1.807, 2.05) is 0 Å². The molecule has 0 radical (unpaired) electrons. The van der Waals surface area contributed by atoms with Gasteiger partial charge in [-0.15, -0.1) is 0 Å². The van der Waals surface area contributed by atoms with Gasteiger partial charge in [0.1, 0.15) is 23.0 Å². The number of benzene rings is 1. The molecule has 2 aromatic heterocycles. The molecule has 2 amide bonds. The summed E-state index contributed by atoms with van der Waals surface area (Å²) < 4.78 is 113. The Bertz CT molecular complexity index is 1560. The molecule has 1 atom stereocenters. The van der Waals surface area contributed by atoms with Crippen LogP contribution in [0.2, 0.25) is 0 Å². The highest BCUT2D eigenvalue weighted by Crippen LogP contribution is 2.38. The largest absolute Gasteiger partial charge is 0.471 e. The second kappa shape index (κ2) is 13.8. The SMILES string of the molecule is C[C@H](O)C(=O)NCc1ccc(C(F)(F)F)c(Cc2nc3cc(C(=O)NC4CCC(C(F)(F)F)CC4)c(OCC(F)F)nc3n2C)c1. The molecule has 0 saturated heterocycles. The Morgan fingerprint density at radius 1 is 1.07 bits per heavy atom. The first kappa shape index (κ1) is 34.8. The number of aryl methyl sites for hydroxylation is 1. The van der Waals surface area contributed by atoms with Crippen molar-refractivity contribution in [2.75, 3.05) is 6.61 Å². The Hall–Kier alpha value is -4.02. The fourth-order valence-corrected chi connectivity index (χ4v) is 5.23. The highest BCUT2D eigenvalue weighted by Gasteiger charge is 2.41. The third kappa shape index (κ3) is 8.41. The fraction of sp³-hybridized carbons (Fsp3) is 0.517. The maximum Gasteiger partial charge on any atom is 0.416 e. The Balaban J connectivity index is 1.65. The van der Waals surface area contributed by atoms with Crippen LogP contribution >= 0.6 is 0 Å². The maximum atomic E-state index is 13.9. The van der Waals surface area contributed by atoms with E-state index in [1.54, 1.807) is 0 Å². The minimum absolute atomic E-state index is 0.00964. The zero-order chi connectivity index (χ0) is 34.0. The molecule has 1 fully saturated rings. The molecule has 2 heterocycles. The number of aliphatic hydroxyl groups is 1. The topological polar surface area (TPSA) is 118 Å². The van der Waals surface area contributed by atoms with Crippen LogP contribution in [0.25, 0.3) is 11.2 Å². The van der Waals surface area contributed by atoms with Crippen LogP contribution in [0.1, 0.15) is 65.5 Å². The van der Waals surface area contributed by atoms with Gasteiger partial charge in [-0.2, -0.15) is 31.3 Å². The van der Waals surface area contributed by atoms with Crippen LogP contribution in [-0.4, -0.2) is 62.8 Å². The first-order valence-electron chi connectivity index (χ1n) is 14.2. The number of carbonyl (C=O) groups excluding carboxylic acids is 2. The van der Waals surface area contributed by atoms with E-state index in [2.05, 4.69) is 20.6 Å². The molecule has 1 aliphatic carbocycles. The number of imidazole rings is 1. The number of hydrogen-bond donors (Lipinski definition) is 3. The zero-order valence-corrected chi connectivity index (χ0v) is 24.6. The Labute approximate surface area is 257 Å². The van der Waals surface area contributed by atoms with Gasteiger partial charge in [0, 0.05) is 26.1 Å². The van der Waals surface area contributed by atoms with Gasteiger partial charge in [-0.1, -0.05) is 12.1 Å². The second-order valence-electron chi connectivity index (χ2n) is 11.1. The Morgan fingerprint density at radius 3 is 2.33 bits per heavy atom. The number of nitrogens with one attached hydrogen (secondary N) is 2. The summed E-state index contributed by atoms with van der Waals surface area (Å²) >= 11 is 0. The molecule has 0 spiro atoms. The molecule has 4 rings (SSSR count). The van der Waals surface area contributed by atoms with Gasteiger partial charge in [0.05, 0.1) is 11.5 Å². The summed E-state index contributed by atoms with van der Waals surface area (Å²) in [5.41, 5.74) is -1.16. The molecule has 1 aromatic carbocycles. The average Bonchev–Trinajstić information content (AvgIpc) is 3.27. The lowest BCUT2D eigenvalue weighted by atomic mass is 9.85. The summed E-state index contributed by atoms with van der Waals surface area (Å²) in [5, 5.41) is 14.4. The van der Waals surface area contributed by atoms with Crippen LogP contribution in [0.15, 0.2) is 24.3 Å². The van der Waals surface area contributed by atoms with Crippen molar-refractivity contribution in [1.82, 2.24) is 25.2 Å². The molecule has 0 unspecified atom stereocenters. The number of amides is 2. The molecule has 0 bridgehead atoms. The van der Waals surface area contributed by atoms with E-state index in [-0.39, 0.29) is 60.3 Å². The number of ether oxygens (including phenoxy) is 1. The van der Waals surface area contributed by atoms with Crippen molar-refractivity contribution >= 4 is 23.0 Å². The molecular formula is C29H31F8N5O4. The lowest BCUT2D eigenvalue weighted by molar-refractivity contribution is -0.182. The van der Waals surface area contributed by atoms with E-state index in [0.29, 0.717) is 5.56 Å². The Kier molecular flexibility index (Phi) is 10.4. The standard InChI is InChI=1S/C29H31F8N5O4/c1-14(43)25(44)38-12-15-3-8-20(29(35,36)37)16(9-15)10-23-40-21-11-19(27(46-13-22(30)31)41-24(21)42(23)2)26(45)39-18-6-4-17(5-7-18)28(32,33)34/h3,8-9,11,14,17-18,22,43H,4-7,10,12-13H2,1-2H3,(H,38,44)(H,39,45)/t14-,17?,18?/m0/s1. The van der Waals surface area contributed by atoms with Crippen molar-refractivity contribution in [1.29, 1.82) is 0 Å². The first-order valence-corrected chi connectivity index (χ1v) is 14.2. The minimum Gasteiger partial charge on any atom is -0.471 e. The smallest absolute Gasteiger partial charge is 0.416 e. The van der Waals surface area contributed by atoms with Crippen molar-refractivity contribution in [3.8, 4) is 5.88 Å². The van der Waals surface area contributed by atoms with Gasteiger partial charge in [-0.05, 0) is 55.9 Å². The summed E-state index contributed by atoms with van der Waals surface area (Å²) in [6.45, 7) is -0.0669. The first-order chi connectivity index (χ1) is 21.4. The van der Waals surface area contributed by atoms with Gasteiger partial charge in [0.2, 0.25) is 11.8 Å². The van der Waals surface area contributed by atoms with Crippen molar-refractivity contribution in [3.63, 3.8) is 0 Å². The summed E-state index contributed by atoms with van der Waals surface area (Å²) in [5.74, 6) is -3.50. The van der Waals surface area contributed by atoms with E-state index in [1.165, 1.54) is 36.7 Å². The van der Waals surface area contributed by atoms with Gasteiger partial charge in [0.25, 0.3) is 12.3 Å². The molecule has 1 saturated carbocycles. The van der Waals surface area contributed by atoms with E-state index >= 15 is 0 Å². The van der Waals surface area contributed by atoms with Crippen molar-refractivity contribution in [3.05, 3.63) is 52.3 Å². The number of fused-ring (bicyclic) bond motifs is 1. The third-order valence-electron chi connectivity index (χ3n) is 7.69. The lowest BCUT2D eigenvalue weighted by Gasteiger charge is -2.30. The van der Waals surface area contributed by atoms with Crippen molar-refractivity contribution in [2.45, 2.75) is 76.5 Å². The number of nitrogens with zero attached hydrogens (tertiary/aromatic N) is 3. The summed E-state index contributed by atoms with van der Waals surface area (Å²) in [7, 11) is 1.42. The zero-order valence-electron chi connectivity index (χ0n) is 24.6. The fourth-order valence-electron chi connectivity index (χ4n) is 5.23. The number of aromatic nitrogens is 3. The predicted octanol–water partition coefficient (Wildman–Crippen LogP) is 5.07. The number of alkyl halides is 8. The number of halogens is 8. The van der Waals surface area contributed by atoms with E-state index in [4.69, 9.17) is 4.74 Å². The molecule has 1 aliphatic rings. The number of hydrogen-bond acceptors (Lipinski definition) is 6. The summed E-state index contributed by atoms with van der Waals surface area (Å²) in [6, 6.07) is 3.80. The van der Waals surface area contributed by atoms with Crippen LogP contribution in [0.3, 0.4) is 0 Å². The van der Waals surface area contributed by atoms with Gasteiger partial charge < -0.3 is 25.0 Å². The van der Waals surface area contributed by atoms with Crippen molar-refractivity contribution < 1.29 is 54.6 Å². The van der Waals surface area contributed by atoms with Gasteiger partial charge >= 0.3 is 12.4 Å². The number of pyridine rings is 1. The van der Waals surface area contributed by atoms with Crippen LogP contribution in [-0.2, 0) is 31.0 Å². The molecule has 3 aromatic rings.